The van der Waals surface area contributed by atoms with E-state index in [1.807, 2.05) is 0 Å². The molecule has 114 valence electrons. The predicted molar refractivity (Wildman–Crippen MR) is 78.1 cm³/mol. The molecule has 2 heterocycles. The van der Waals surface area contributed by atoms with Gasteiger partial charge in [0, 0.05) is 12.7 Å². The van der Waals surface area contributed by atoms with Crippen LogP contribution < -0.4 is 11.1 Å². The first-order valence-corrected chi connectivity index (χ1v) is 8.70. The number of carbonyl (C=O) groups excluding carboxylic acids is 1. The van der Waals surface area contributed by atoms with Gasteiger partial charge >= 0.3 is 0 Å². The van der Waals surface area contributed by atoms with Gasteiger partial charge in [0.1, 0.15) is 9.90 Å². The maximum Gasteiger partial charge on any atom is 0.213 e. The molecular formula is C11H14N4O4S2. The van der Waals surface area contributed by atoms with Gasteiger partial charge in [-0.2, -0.15) is 4.98 Å². The number of anilines is 2. The van der Waals surface area contributed by atoms with E-state index in [1.165, 1.54) is 6.39 Å². The number of nitrogens with zero attached hydrogens (tertiary/aromatic N) is 2. The fraction of sp³-hybridized carbons (Fsp3) is 0.364. The Bertz CT molecular complexity index is 750. The van der Waals surface area contributed by atoms with Crippen molar-refractivity contribution in [1.29, 1.82) is 0 Å². The highest BCUT2D eigenvalue weighted by Crippen LogP contribution is 2.39. The lowest BCUT2D eigenvalue weighted by Gasteiger charge is -2.04. The molecule has 0 radical (unpaired) electrons. The van der Waals surface area contributed by atoms with Gasteiger partial charge in [0.2, 0.25) is 6.39 Å². The van der Waals surface area contributed by atoms with E-state index >= 15 is 0 Å². The average Bonchev–Trinajstić information content (AvgIpc) is 3.02. The molecule has 0 unspecified atom stereocenters. The zero-order chi connectivity index (χ0) is 15.6. The molecule has 2 rings (SSSR count). The second kappa shape index (κ2) is 5.82. The van der Waals surface area contributed by atoms with Gasteiger partial charge in [-0.25, -0.2) is 8.42 Å². The molecule has 0 aliphatic heterocycles. The van der Waals surface area contributed by atoms with Gasteiger partial charge < -0.3 is 15.6 Å². The second-order valence-corrected chi connectivity index (χ2v) is 7.23. The molecule has 0 aromatic carbocycles. The van der Waals surface area contributed by atoms with Crippen molar-refractivity contribution in [2.24, 2.45) is 0 Å². The molecular weight excluding hydrogens is 316 g/mol. The molecule has 0 fully saturated rings. The number of nitrogen functional groups attached to an aromatic ring is 1. The van der Waals surface area contributed by atoms with Crippen molar-refractivity contribution in [3.05, 3.63) is 17.1 Å². The van der Waals surface area contributed by atoms with Crippen molar-refractivity contribution in [2.75, 3.05) is 17.3 Å². The largest absolute Gasteiger partial charge is 0.396 e. The van der Waals surface area contributed by atoms with Gasteiger partial charge in [-0.05, 0) is 0 Å². The van der Waals surface area contributed by atoms with Gasteiger partial charge in [0.25, 0.3) is 0 Å². The van der Waals surface area contributed by atoms with Crippen molar-refractivity contribution >= 4 is 37.6 Å². The Balaban J connectivity index is 2.41. The summed E-state index contributed by atoms with van der Waals surface area (Å²) in [6.45, 7) is 1.85. The number of hydrogen-bond acceptors (Lipinski definition) is 9. The molecule has 0 aliphatic carbocycles. The standard InChI is InChI=1S/C11H14N4O4S2/c1-3-6(16)9-8(12)10(21(2,17)18)11(20-9)13-4-7-14-5-19-15-7/h5,13H,3-4,12H2,1-2H3. The number of Topliss-reactive ketones (excluding diaryl/α,β-unsaturated/α-hetero) is 1. The lowest BCUT2D eigenvalue weighted by atomic mass is 10.2. The van der Waals surface area contributed by atoms with Crippen molar-refractivity contribution in [3.8, 4) is 0 Å². The minimum atomic E-state index is -3.57. The molecule has 0 saturated heterocycles. The predicted octanol–water partition coefficient (Wildman–Crippen LogP) is 1.32. The van der Waals surface area contributed by atoms with Gasteiger partial charge in [-0.15, -0.1) is 11.3 Å². The van der Waals surface area contributed by atoms with Gasteiger partial charge in [0.05, 0.1) is 17.1 Å². The van der Waals surface area contributed by atoms with Gasteiger partial charge in [-0.1, -0.05) is 12.1 Å². The highest BCUT2D eigenvalue weighted by atomic mass is 32.2. The van der Waals surface area contributed by atoms with E-state index in [2.05, 4.69) is 20.0 Å². The first-order chi connectivity index (χ1) is 9.84. The number of carbonyl (C=O) groups is 1. The SMILES string of the molecule is CCC(=O)c1sc(NCc2ncon2)c(S(C)(=O)=O)c1N. The van der Waals surface area contributed by atoms with Crippen molar-refractivity contribution in [2.45, 2.75) is 24.8 Å². The molecule has 21 heavy (non-hydrogen) atoms. The van der Waals surface area contributed by atoms with Crippen LogP contribution in [0.4, 0.5) is 10.7 Å². The van der Waals surface area contributed by atoms with Crippen LogP contribution >= 0.6 is 11.3 Å². The number of thiophene rings is 1. The third-order valence-electron chi connectivity index (χ3n) is 2.66. The van der Waals surface area contributed by atoms with Crippen LogP contribution in [0.3, 0.4) is 0 Å². The number of hydrogen-bond donors (Lipinski definition) is 2. The smallest absolute Gasteiger partial charge is 0.213 e. The number of ketones is 1. The summed E-state index contributed by atoms with van der Waals surface area (Å²) in [5, 5.41) is 6.80. The quantitative estimate of drug-likeness (QED) is 0.759. The molecule has 8 nitrogen and oxygen atoms in total. The van der Waals surface area contributed by atoms with Crippen molar-refractivity contribution in [1.82, 2.24) is 10.1 Å². The first-order valence-electron chi connectivity index (χ1n) is 5.99. The minimum absolute atomic E-state index is 0.00929. The number of aromatic nitrogens is 2. The fourth-order valence-corrected chi connectivity index (χ4v) is 4.29. The number of nitrogens with two attached hydrogens (primary N) is 1. The zero-order valence-electron chi connectivity index (χ0n) is 11.4. The summed E-state index contributed by atoms with van der Waals surface area (Å²) >= 11 is 1.02. The van der Waals surface area contributed by atoms with Crippen LogP contribution in [0.5, 0.6) is 0 Å². The van der Waals surface area contributed by atoms with Gasteiger partial charge in [0.15, 0.2) is 21.4 Å². The third-order valence-corrected chi connectivity index (χ3v) is 5.16. The highest BCUT2D eigenvalue weighted by Gasteiger charge is 2.26. The van der Waals surface area contributed by atoms with Crippen LogP contribution in [0.25, 0.3) is 0 Å². The summed E-state index contributed by atoms with van der Waals surface area (Å²) in [7, 11) is -3.57. The van der Waals surface area contributed by atoms with E-state index in [1.54, 1.807) is 6.92 Å². The molecule has 2 aromatic rings. The highest BCUT2D eigenvalue weighted by molar-refractivity contribution is 7.91. The molecule has 2 aromatic heterocycles. The maximum absolute atomic E-state index is 11.9. The Morgan fingerprint density at radius 3 is 2.76 bits per heavy atom. The van der Waals surface area contributed by atoms with E-state index in [4.69, 9.17) is 5.73 Å². The molecule has 0 saturated carbocycles. The second-order valence-electron chi connectivity index (χ2n) is 4.25. The van der Waals surface area contributed by atoms with E-state index in [-0.39, 0.29) is 34.2 Å². The number of nitrogens with one attached hydrogen (secondary N) is 1. The Kier molecular flexibility index (Phi) is 4.28. The van der Waals surface area contributed by atoms with Gasteiger partial charge in [-0.3, -0.25) is 4.79 Å². The molecule has 0 spiro atoms. The normalized spacial score (nSPS) is 11.5. The van der Waals surface area contributed by atoms with Crippen LogP contribution in [0.1, 0.15) is 28.8 Å². The summed E-state index contributed by atoms with van der Waals surface area (Å²) in [5.74, 6) is 0.166. The Morgan fingerprint density at radius 1 is 1.52 bits per heavy atom. The average molecular weight is 330 g/mol. The minimum Gasteiger partial charge on any atom is -0.396 e. The summed E-state index contributed by atoms with van der Waals surface area (Å²) in [4.78, 5) is 15.8. The number of rotatable bonds is 6. The zero-order valence-corrected chi connectivity index (χ0v) is 13.0. The van der Waals surface area contributed by atoms with Crippen LogP contribution in [0.2, 0.25) is 0 Å². The lowest BCUT2D eigenvalue weighted by Crippen LogP contribution is -2.07. The Morgan fingerprint density at radius 2 is 2.24 bits per heavy atom. The molecule has 0 atom stereocenters. The van der Waals surface area contributed by atoms with Crippen LogP contribution in [-0.2, 0) is 16.4 Å². The maximum atomic E-state index is 11.9. The number of sulfone groups is 1. The van der Waals surface area contributed by atoms with Crippen LogP contribution in [-0.4, -0.2) is 30.6 Å². The van der Waals surface area contributed by atoms with Crippen LogP contribution in [0.15, 0.2) is 15.8 Å². The summed E-state index contributed by atoms with van der Waals surface area (Å²) < 4.78 is 28.4. The van der Waals surface area contributed by atoms with E-state index in [0.717, 1.165) is 17.6 Å². The summed E-state index contributed by atoms with van der Waals surface area (Å²) in [6.07, 6.45) is 2.46. The van der Waals surface area contributed by atoms with E-state index in [0.29, 0.717) is 10.8 Å². The molecule has 0 aliphatic rings. The summed E-state index contributed by atoms with van der Waals surface area (Å²) in [5.41, 5.74) is 5.83. The van der Waals surface area contributed by atoms with E-state index in [9.17, 15) is 13.2 Å². The summed E-state index contributed by atoms with van der Waals surface area (Å²) in [6, 6.07) is 0. The Labute approximate surface area is 125 Å². The molecule has 0 amide bonds. The van der Waals surface area contributed by atoms with Crippen LogP contribution in [0, 0.1) is 0 Å². The van der Waals surface area contributed by atoms with Crippen molar-refractivity contribution in [3.63, 3.8) is 0 Å². The molecule has 3 N–H and O–H groups in total. The monoisotopic (exact) mass is 330 g/mol. The van der Waals surface area contributed by atoms with E-state index < -0.39 is 9.84 Å². The fourth-order valence-electron chi connectivity index (χ4n) is 1.71. The third kappa shape index (κ3) is 3.22. The first kappa shape index (κ1) is 15.4. The lowest BCUT2D eigenvalue weighted by molar-refractivity contribution is 0.0992. The Hall–Kier alpha value is -1.94. The molecule has 10 heteroatoms. The molecule has 0 bridgehead atoms. The van der Waals surface area contributed by atoms with Crippen molar-refractivity contribution < 1.29 is 17.7 Å². The topological polar surface area (TPSA) is 128 Å².